The van der Waals surface area contributed by atoms with Crippen molar-refractivity contribution in [3.05, 3.63) is 48.5 Å². The molecule has 2 aromatic heterocycles. The molecule has 3 aromatic rings. The molecule has 3 N–H and O–H groups in total. The Morgan fingerprint density at radius 2 is 2.05 bits per heavy atom. The van der Waals surface area contributed by atoms with Crippen molar-refractivity contribution in [3.8, 4) is 11.6 Å². The highest BCUT2D eigenvalue weighted by molar-refractivity contribution is 6.03. The van der Waals surface area contributed by atoms with E-state index < -0.39 is 5.97 Å². The number of nitrogens with zero attached hydrogens (tertiary/aromatic N) is 3. The van der Waals surface area contributed by atoms with Crippen LogP contribution in [0.4, 0.5) is 5.82 Å². The van der Waals surface area contributed by atoms with Gasteiger partial charge in [0.15, 0.2) is 0 Å². The number of carbonyl (C=O) groups is 1. The van der Waals surface area contributed by atoms with Gasteiger partial charge in [0.1, 0.15) is 17.9 Å². The molecular weight excluding hydrogens is 272 g/mol. The summed E-state index contributed by atoms with van der Waals surface area (Å²) >= 11 is 0. The molecule has 0 atom stereocenters. The monoisotopic (exact) mass is 282 g/mol. The molecule has 21 heavy (non-hydrogen) atoms. The maximum atomic E-state index is 11.1. The number of benzene rings is 1. The topological polar surface area (TPSA) is 111 Å². The lowest BCUT2D eigenvalue weighted by molar-refractivity contribution is 0.0698. The van der Waals surface area contributed by atoms with Crippen LogP contribution in [0.25, 0.3) is 10.8 Å². The van der Waals surface area contributed by atoms with Gasteiger partial charge in [-0.25, -0.2) is 14.8 Å². The summed E-state index contributed by atoms with van der Waals surface area (Å²) in [7, 11) is 0. The standard InChI is InChI=1S/C14H10N4O3/c15-12-4-13(18-7-17-12)21-9-1-2-10-8(3-9)5-16-6-11(10)14(19)20/h1-7H,(H,19,20)(H2,15,17,18). The van der Waals surface area contributed by atoms with Gasteiger partial charge >= 0.3 is 5.97 Å². The molecule has 3 rings (SSSR count). The number of carboxylic acids is 1. The molecule has 2 heterocycles. The van der Waals surface area contributed by atoms with Gasteiger partial charge < -0.3 is 15.6 Å². The van der Waals surface area contributed by atoms with Crippen molar-refractivity contribution in [2.24, 2.45) is 0 Å². The number of rotatable bonds is 3. The predicted octanol–water partition coefficient (Wildman–Crippen LogP) is 2.10. The molecule has 0 bridgehead atoms. The van der Waals surface area contributed by atoms with Crippen LogP contribution in [0.1, 0.15) is 10.4 Å². The van der Waals surface area contributed by atoms with Crippen molar-refractivity contribution in [2.45, 2.75) is 0 Å². The molecular formula is C14H10N4O3. The number of aromatic nitrogens is 3. The van der Waals surface area contributed by atoms with Crippen molar-refractivity contribution in [2.75, 3.05) is 5.73 Å². The Bertz CT molecular complexity index is 835. The first-order valence-corrected chi connectivity index (χ1v) is 6.00. The third kappa shape index (κ3) is 2.57. The number of aromatic carboxylic acids is 1. The second-order valence-corrected chi connectivity index (χ2v) is 4.26. The van der Waals surface area contributed by atoms with Gasteiger partial charge in [0.2, 0.25) is 5.88 Å². The van der Waals surface area contributed by atoms with E-state index in [9.17, 15) is 4.79 Å². The number of ether oxygens (including phenoxy) is 1. The quantitative estimate of drug-likeness (QED) is 0.756. The minimum Gasteiger partial charge on any atom is -0.478 e. The lowest BCUT2D eigenvalue weighted by Crippen LogP contribution is -1.98. The van der Waals surface area contributed by atoms with E-state index in [0.717, 1.165) is 0 Å². The molecule has 104 valence electrons. The number of anilines is 1. The van der Waals surface area contributed by atoms with Gasteiger partial charge in [-0.3, -0.25) is 4.98 Å². The largest absolute Gasteiger partial charge is 0.478 e. The van der Waals surface area contributed by atoms with Crippen molar-refractivity contribution in [3.63, 3.8) is 0 Å². The van der Waals surface area contributed by atoms with Crippen LogP contribution in [-0.4, -0.2) is 26.0 Å². The highest BCUT2D eigenvalue weighted by atomic mass is 16.5. The fraction of sp³-hybridized carbons (Fsp3) is 0. The Labute approximate surface area is 119 Å². The van der Waals surface area contributed by atoms with Crippen LogP contribution < -0.4 is 10.5 Å². The Balaban J connectivity index is 2.00. The number of nitrogen functional groups attached to an aromatic ring is 1. The van der Waals surface area contributed by atoms with E-state index in [1.165, 1.54) is 18.6 Å². The number of hydrogen-bond donors (Lipinski definition) is 2. The molecule has 0 aliphatic carbocycles. The normalized spacial score (nSPS) is 10.5. The van der Waals surface area contributed by atoms with Crippen LogP contribution >= 0.6 is 0 Å². The summed E-state index contributed by atoms with van der Waals surface area (Å²) in [5.41, 5.74) is 5.69. The fourth-order valence-electron chi connectivity index (χ4n) is 1.92. The maximum Gasteiger partial charge on any atom is 0.337 e. The molecule has 0 radical (unpaired) electrons. The molecule has 0 fully saturated rings. The molecule has 7 heteroatoms. The average Bonchev–Trinajstić information content (AvgIpc) is 2.46. The summed E-state index contributed by atoms with van der Waals surface area (Å²) < 4.78 is 5.56. The first-order valence-electron chi connectivity index (χ1n) is 6.00. The summed E-state index contributed by atoms with van der Waals surface area (Å²) in [5.74, 6) is 0.0927. The van der Waals surface area contributed by atoms with E-state index in [4.69, 9.17) is 15.6 Å². The molecule has 0 unspecified atom stereocenters. The van der Waals surface area contributed by atoms with Gasteiger partial charge in [-0.05, 0) is 23.6 Å². The number of nitrogens with two attached hydrogens (primary N) is 1. The Hall–Kier alpha value is -3.22. The summed E-state index contributed by atoms with van der Waals surface area (Å²) in [4.78, 5) is 22.8. The Morgan fingerprint density at radius 1 is 1.19 bits per heavy atom. The smallest absolute Gasteiger partial charge is 0.337 e. The number of pyridine rings is 1. The molecule has 0 spiro atoms. The number of hydrogen-bond acceptors (Lipinski definition) is 6. The van der Waals surface area contributed by atoms with Crippen LogP contribution in [0.2, 0.25) is 0 Å². The minimum absolute atomic E-state index is 0.144. The Morgan fingerprint density at radius 3 is 2.81 bits per heavy atom. The van der Waals surface area contributed by atoms with Crippen molar-refractivity contribution in [1.82, 2.24) is 15.0 Å². The van der Waals surface area contributed by atoms with Crippen molar-refractivity contribution in [1.29, 1.82) is 0 Å². The zero-order valence-electron chi connectivity index (χ0n) is 10.7. The van der Waals surface area contributed by atoms with Gasteiger partial charge in [-0.15, -0.1) is 0 Å². The van der Waals surface area contributed by atoms with Gasteiger partial charge in [0.25, 0.3) is 0 Å². The van der Waals surface area contributed by atoms with Crippen LogP contribution in [0, 0.1) is 0 Å². The molecule has 0 saturated heterocycles. The lowest BCUT2D eigenvalue weighted by atomic mass is 10.1. The fourth-order valence-corrected chi connectivity index (χ4v) is 1.92. The summed E-state index contributed by atoms with van der Waals surface area (Å²) in [5, 5.41) is 10.4. The summed E-state index contributed by atoms with van der Waals surface area (Å²) in [6.07, 6.45) is 4.19. The number of fused-ring (bicyclic) bond motifs is 1. The Kier molecular flexibility index (Phi) is 3.07. The van der Waals surface area contributed by atoms with Crippen molar-refractivity contribution >= 4 is 22.6 Å². The molecule has 0 saturated carbocycles. The van der Waals surface area contributed by atoms with E-state index in [1.807, 2.05) is 0 Å². The van der Waals surface area contributed by atoms with E-state index in [-0.39, 0.29) is 5.56 Å². The maximum absolute atomic E-state index is 11.1. The number of carboxylic acid groups (broad SMARTS) is 1. The molecule has 1 aromatic carbocycles. The lowest BCUT2D eigenvalue weighted by Gasteiger charge is -2.07. The third-order valence-electron chi connectivity index (χ3n) is 2.85. The van der Waals surface area contributed by atoms with E-state index in [0.29, 0.717) is 28.2 Å². The summed E-state index contributed by atoms with van der Waals surface area (Å²) in [6.45, 7) is 0. The second-order valence-electron chi connectivity index (χ2n) is 4.26. The molecule has 7 nitrogen and oxygen atoms in total. The highest BCUT2D eigenvalue weighted by Crippen LogP contribution is 2.26. The molecule has 0 aliphatic heterocycles. The van der Waals surface area contributed by atoms with Gasteiger partial charge in [0, 0.05) is 23.8 Å². The van der Waals surface area contributed by atoms with E-state index in [2.05, 4.69) is 15.0 Å². The minimum atomic E-state index is -1.02. The van der Waals surface area contributed by atoms with E-state index >= 15 is 0 Å². The van der Waals surface area contributed by atoms with Crippen LogP contribution in [0.3, 0.4) is 0 Å². The van der Waals surface area contributed by atoms with Gasteiger partial charge in [-0.1, -0.05) is 0 Å². The first kappa shape index (κ1) is 12.8. The highest BCUT2D eigenvalue weighted by Gasteiger charge is 2.10. The van der Waals surface area contributed by atoms with Gasteiger partial charge in [-0.2, -0.15) is 0 Å². The first-order chi connectivity index (χ1) is 10.1. The zero-order chi connectivity index (χ0) is 14.8. The summed E-state index contributed by atoms with van der Waals surface area (Å²) in [6, 6.07) is 6.51. The SMILES string of the molecule is Nc1cc(Oc2ccc3c(C(=O)O)cncc3c2)ncn1. The second kappa shape index (κ2) is 5.04. The molecule has 0 aliphatic rings. The third-order valence-corrected chi connectivity index (χ3v) is 2.85. The molecule has 0 amide bonds. The average molecular weight is 282 g/mol. The predicted molar refractivity (Wildman–Crippen MR) is 75.2 cm³/mol. The van der Waals surface area contributed by atoms with Crippen molar-refractivity contribution < 1.29 is 14.6 Å². The van der Waals surface area contributed by atoms with Crippen LogP contribution in [0.15, 0.2) is 43.0 Å². The van der Waals surface area contributed by atoms with Gasteiger partial charge in [0.05, 0.1) is 5.56 Å². The van der Waals surface area contributed by atoms with Crippen LogP contribution in [0.5, 0.6) is 11.6 Å². The van der Waals surface area contributed by atoms with E-state index in [1.54, 1.807) is 24.4 Å². The van der Waals surface area contributed by atoms with Crippen LogP contribution in [-0.2, 0) is 0 Å². The zero-order valence-corrected chi connectivity index (χ0v) is 10.7.